The zero-order valence-corrected chi connectivity index (χ0v) is 19.4. The highest BCUT2D eigenvalue weighted by atomic mass is 16.4. The Bertz CT molecular complexity index is 937. The molecule has 0 heterocycles. The largest absolute Gasteiger partial charge is 0.481 e. The van der Waals surface area contributed by atoms with Crippen LogP contribution in [-0.4, -0.2) is 69.9 Å². The van der Waals surface area contributed by atoms with E-state index >= 15 is 0 Å². The van der Waals surface area contributed by atoms with Crippen molar-refractivity contribution in [2.24, 2.45) is 17.4 Å². The zero-order valence-electron chi connectivity index (χ0n) is 19.4. The number of hydrogen-bond donors (Lipinski definition) is 7. The van der Waals surface area contributed by atoms with E-state index in [1.807, 2.05) is 0 Å². The van der Waals surface area contributed by atoms with Crippen LogP contribution in [0.3, 0.4) is 0 Å². The van der Waals surface area contributed by atoms with Gasteiger partial charge in [0.25, 0.3) is 0 Å². The molecular formula is C22H31N5O8. The van der Waals surface area contributed by atoms with Gasteiger partial charge >= 0.3 is 11.9 Å². The van der Waals surface area contributed by atoms with Crippen LogP contribution in [0.25, 0.3) is 0 Å². The third-order valence-corrected chi connectivity index (χ3v) is 4.91. The summed E-state index contributed by atoms with van der Waals surface area (Å²) in [5, 5.41) is 25.5. The van der Waals surface area contributed by atoms with Gasteiger partial charge in [0.2, 0.25) is 23.6 Å². The molecule has 0 radical (unpaired) electrons. The normalized spacial score (nSPS) is 14.2. The van der Waals surface area contributed by atoms with Gasteiger partial charge in [0.1, 0.15) is 18.1 Å². The summed E-state index contributed by atoms with van der Waals surface area (Å²) >= 11 is 0. The van der Waals surface area contributed by atoms with Crippen LogP contribution in [0.15, 0.2) is 30.3 Å². The first-order valence-electron chi connectivity index (χ1n) is 10.7. The minimum absolute atomic E-state index is 0.0714. The van der Waals surface area contributed by atoms with E-state index in [1.165, 1.54) is 0 Å². The maximum Gasteiger partial charge on any atom is 0.326 e. The summed E-state index contributed by atoms with van der Waals surface area (Å²) in [6.45, 7) is 3.16. The van der Waals surface area contributed by atoms with Crippen LogP contribution in [0.5, 0.6) is 0 Å². The van der Waals surface area contributed by atoms with Crippen molar-refractivity contribution in [1.29, 1.82) is 0 Å². The van der Waals surface area contributed by atoms with Crippen molar-refractivity contribution in [2.45, 2.75) is 57.3 Å². The van der Waals surface area contributed by atoms with Crippen LogP contribution in [0.4, 0.5) is 0 Å². The Morgan fingerprint density at radius 2 is 1.40 bits per heavy atom. The van der Waals surface area contributed by atoms with Crippen LogP contribution in [-0.2, 0) is 35.2 Å². The summed E-state index contributed by atoms with van der Waals surface area (Å²) in [5.41, 5.74) is 11.2. The highest BCUT2D eigenvalue weighted by Gasteiger charge is 2.33. The number of amides is 4. The molecule has 4 unspecified atom stereocenters. The zero-order chi connectivity index (χ0) is 26.7. The van der Waals surface area contributed by atoms with Crippen molar-refractivity contribution in [3.05, 3.63) is 35.9 Å². The molecule has 1 rings (SSSR count). The highest BCUT2D eigenvalue weighted by molar-refractivity contribution is 5.96. The van der Waals surface area contributed by atoms with Gasteiger partial charge in [-0.25, -0.2) is 4.79 Å². The molecule has 0 aliphatic rings. The fourth-order valence-corrected chi connectivity index (χ4v) is 3.07. The summed E-state index contributed by atoms with van der Waals surface area (Å²) in [4.78, 5) is 71.7. The van der Waals surface area contributed by atoms with Crippen LogP contribution in [0.1, 0.15) is 32.3 Å². The number of aliphatic carboxylic acids is 2. The number of nitrogens with one attached hydrogen (secondary N) is 3. The van der Waals surface area contributed by atoms with E-state index in [-0.39, 0.29) is 6.42 Å². The number of hydrogen-bond acceptors (Lipinski definition) is 7. The molecule has 13 nitrogen and oxygen atoms in total. The summed E-state index contributed by atoms with van der Waals surface area (Å²) in [6.07, 6.45) is -1.37. The van der Waals surface area contributed by atoms with Gasteiger partial charge in [-0.1, -0.05) is 44.2 Å². The van der Waals surface area contributed by atoms with Crippen LogP contribution >= 0.6 is 0 Å². The number of nitrogens with two attached hydrogens (primary N) is 2. The first-order chi connectivity index (χ1) is 16.3. The van der Waals surface area contributed by atoms with Gasteiger partial charge in [-0.3, -0.25) is 24.0 Å². The van der Waals surface area contributed by atoms with E-state index in [0.717, 1.165) is 0 Å². The first kappa shape index (κ1) is 29.0. The monoisotopic (exact) mass is 493 g/mol. The van der Waals surface area contributed by atoms with Crippen LogP contribution in [0, 0.1) is 5.92 Å². The molecule has 4 atom stereocenters. The van der Waals surface area contributed by atoms with Gasteiger partial charge in [0.05, 0.1) is 18.9 Å². The average molecular weight is 494 g/mol. The van der Waals surface area contributed by atoms with Gasteiger partial charge in [-0.15, -0.1) is 0 Å². The molecule has 1 aromatic carbocycles. The van der Waals surface area contributed by atoms with Gasteiger partial charge in [0, 0.05) is 6.42 Å². The summed E-state index contributed by atoms with van der Waals surface area (Å²) in [6, 6.07) is 2.90. The maximum atomic E-state index is 12.8. The van der Waals surface area contributed by atoms with Gasteiger partial charge in [-0.05, 0) is 11.5 Å². The highest BCUT2D eigenvalue weighted by Crippen LogP contribution is 2.07. The van der Waals surface area contributed by atoms with E-state index in [2.05, 4.69) is 16.0 Å². The molecule has 0 aliphatic heterocycles. The second kappa shape index (κ2) is 13.6. The molecule has 4 amide bonds. The quantitative estimate of drug-likeness (QED) is 0.153. The summed E-state index contributed by atoms with van der Waals surface area (Å²) in [5.74, 6) is -6.87. The fourth-order valence-electron chi connectivity index (χ4n) is 3.07. The number of rotatable bonds is 14. The van der Waals surface area contributed by atoms with Crippen LogP contribution in [0.2, 0.25) is 0 Å². The molecule has 0 aromatic heterocycles. The van der Waals surface area contributed by atoms with Crippen molar-refractivity contribution >= 4 is 35.6 Å². The number of carbonyl (C=O) groups is 6. The van der Waals surface area contributed by atoms with Crippen LogP contribution < -0.4 is 27.4 Å². The van der Waals surface area contributed by atoms with Crippen molar-refractivity contribution in [3.63, 3.8) is 0 Å². The smallest absolute Gasteiger partial charge is 0.326 e. The minimum Gasteiger partial charge on any atom is -0.481 e. The Balaban J connectivity index is 2.98. The molecular weight excluding hydrogens is 462 g/mol. The lowest BCUT2D eigenvalue weighted by atomic mass is 10.0. The lowest BCUT2D eigenvalue weighted by molar-refractivity contribution is -0.143. The molecule has 35 heavy (non-hydrogen) atoms. The molecule has 192 valence electrons. The summed E-state index contributed by atoms with van der Waals surface area (Å²) in [7, 11) is 0. The topological polar surface area (TPSA) is 231 Å². The average Bonchev–Trinajstić information content (AvgIpc) is 2.75. The van der Waals surface area contributed by atoms with E-state index in [1.54, 1.807) is 44.2 Å². The van der Waals surface area contributed by atoms with Crippen molar-refractivity contribution < 1.29 is 39.0 Å². The summed E-state index contributed by atoms with van der Waals surface area (Å²) < 4.78 is 0. The van der Waals surface area contributed by atoms with E-state index in [4.69, 9.17) is 11.5 Å². The number of carbonyl (C=O) groups excluding carboxylic acids is 4. The van der Waals surface area contributed by atoms with Gasteiger partial charge in [-0.2, -0.15) is 0 Å². The van der Waals surface area contributed by atoms with Gasteiger partial charge in [0.15, 0.2) is 0 Å². The third kappa shape index (κ3) is 10.2. The predicted molar refractivity (Wildman–Crippen MR) is 122 cm³/mol. The van der Waals surface area contributed by atoms with E-state index in [0.29, 0.717) is 5.56 Å². The maximum absolute atomic E-state index is 12.8. The molecule has 0 saturated carbocycles. The molecule has 9 N–H and O–H groups in total. The molecule has 13 heteroatoms. The number of carboxylic acids is 2. The van der Waals surface area contributed by atoms with Crippen molar-refractivity contribution in [3.8, 4) is 0 Å². The lowest BCUT2D eigenvalue weighted by Crippen LogP contribution is -2.59. The third-order valence-electron chi connectivity index (χ3n) is 4.91. The molecule has 1 aromatic rings. The molecule has 0 spiro atoms. The van der Waals surface area contributed by atoms with Crippen molar-refractivity contribution in [1.82, 2.24) is 16.0 Å². The molecule has 0 bridgehead atoms. The fraction of sp³-hybridized carbons (Fsp3) is 0.455. The standard InChI is InChI=1S/C22H31N5O8/c1-11(2)18(27-19(31)13(23)9-16(24)28)21(33)25-14(10-17(29)30)20(32)26-15(22(34)35)8-12-6-4-3-5-7-12/h3-7,11,13-15,18H,8-10,23H2,1-2H3,(H2,24,28)(H,25,33)(H,26,32)(H,27,31)(H,29,30)(H,34,35). The Labute approximate surface area is 201 Å². The SMILES string of the molecule is CC(C)C(NC(=O)C(N)CC(N)=O)C(=O)NC(CC(=O)O)C(=O)NC(Cc1ccccc1)C(=O)O. The Morgan fingerprint density at radius 3 is 1.89 bits per heavy atom. The lowest BCUT2D eigenvalue weighted by Gasteiger charge is -2.26. The molecule has 0 aliphatic carbocycles. The second-order valence-corrected chi connectivity index (χ2v) is 8.26. The number of benzene rings is 1. The predicted octanol–water partition coefficient (Wildman–Crippen LogP) is -1.90. The first-order valence-corrected chi connectivity index (χ1v) is 10.7. The van der Waals surface area contributed by atoms with Gasteiger partial charge < -0.3 is 37.6 Å². The molecule has 0 saturated heterocycles. The van der Waals surface area contributed by atoms with Crippen molar-refractivity contribution in [2.75, 3.05) is 0 Å². The van der Waals surface area contributed by atoms with E-state index < -0.39 is 78.5 Å². The molecule has 0 fully saturated rings. The Morgan fingerprint density at radius 1 is 0.829 bits per heavy atom. The van der Waals surface area contributed by atoms with E-state index in [9.17, 15) is 39.0 Å². The Hall–Kier alpha value is -4.00. The second-order valence-electron chi connectivity index (χ2n) is 8.26. The number of carboxylic acid groups (broad SMARTS) is 2. The minimum atomic E-state index is -1.63. The number of primary amides is 1. The Kier molecular flexibility index (Phi) is 11.3.